The molecule has 42 heavy (non-hydrogen) atoms. The number of aromatic nitrogens is 3. The molecule has 0 radical (unpaired) electrons. The van der Waals surface area contributed by atoms with Gasteiger partial charge in [0.1, 0.15) is 17.7 Å². The van der Waals surface area contributed by atoms with E-state index in [4.69, 9.17) is 4.74 Å². The van der Waals surface area contributed by atoms with Crippen LogP contribution >= 0.6 is 0 Å². The highest BCUT2D eigenvalue weighted by Gasteiger charge is 2.39. The maximum Gasteiger partial charge on any atom is 0.341 e. The lowest BCUT2D eigenvalue weighted by atomic mass is 10.0. The molecule has 3 aliphatic rings. The zero-order chi connectivity index (χ0) is 29.5. The molecular formula is C29H30F3N7O3. The van der Waals surface area contributed by atoms with E-state index in [9.17, 15) is 22.8 Å². The van der Waals surface area contributed by atoms with E-state index in [2.05, 4.69) is 15.2 Å². The normalized spacial score (nSPS) is 18.9. The topological polar surface area (TPSA) is 96.2 Å². The number of carbonyl (C=O) groups is 2. The standard InChI is InChI=1S/C29H30F3N7O3/c1-17-27(28(40)36-8-4-3-5-9-36)18(2)38(35-17)26-13-25(23(32)14-33-26)42-22-15-37(16-22)29(41)39-24(6-7-34-39)19-10-20(30)12-21(31)11-19/h7,10-14,22,24H,3-6,8-9,15-16H2,1-2H3/t24-/m0/s1. The smallest absolute Gasteiger partial charge is 0.341 e. The van der Waals surface area contributed by atoms with Crippen LogP contribution in [0.3, 0.4) is 0 Å². The molecule has 3 aliphatic heterocycles. The van der Waals surface area contributed by atoms with Crippen LogP contribution in [0.1, 0.15) is 59.0 Å². The second-order valence-corrected chi connectivity index (χ2v) is 10.8. The molecule has 6 rings (SSSR count). The first-order valence-electron chi connectivity index (χ1n) is 13.9. The number of pyridine rings is 1. The average Bonchev–Trinajstić information content (AvgIpc) is 3.55. The summed E-state index contributed by atoms with van der Waals surface area (Å²) in [5.74, 6) is -1.96. The van der Waals surface area contributed by atoms with Gasteiger partial charge in [-0.1, -0.05) is 0 Å². The third-order valence-corrected chi connectivity index (χ3v) is 7.88. The van der Waals surface area contributed by atoms with Crippen molar-refractivity contribution >= 4 is 18.2 Å². The van der Waals surface area contributed by atoms with E-state index in [0.717, 1.165) is 31.5 Å². The summed E-state index contributed by atoms with van der Waals surface area (Å²) in [6.45, 7) is 5.31. The molecule has 3 aromatic rings. The molecule has 1 atom stereocenters. The number of nitrogens with zero attached hydrogens (tertiary/aromatic N) is 7. The maximum absolute atomic E-state index is 14.7. The summed E-state index contributed by atoms with van der Waals surface area (Å²) in [6, 6.07) is 3.50. The first-order valence-corrected chi connectivity index (χ1v) is 13.9. The highest BCUT2D eigenvalue weighted by atomic mass is 19.1. The lowest BCUT2D eigenvalue weighted by Crippen LogP contribution is -2.58. The van der Waals surface area contributed by atoms with E-state index in [-0.39, 0.29) is 24.7 Å². The Hall–Kier alpha value is -4.42. The van der Waals surface area contributed by atoms with Crippen LogP contribution in [0.2, 0.25) is 0 Å². The van der Waals surface area contributed by atoms with Crippen LogP contribution < -0.4 is 4.74 Å². The van der Waals surface area contributed by atoms with Gasteiger partial charge in [-0.15, -0.1) is 0 Å². The second-order valence-electron chi connectivity index (χ2n) is 10.8. The Bertz CT molecular complexity index is 1540. The van der Waals surface area contributed by atoms with Gasteiger partial charge in [0, 0.05) is 37.9 Å². The summed E-state index contributed by atoms with van der Waals surface area (Å²) < 4.78 is 49.6. The van der Waals surface area contributed by atoms with Gasteiger partial charge < -0.3 is 14.5 Å². The number of ether oxygens (including phenoxy) is 1. The van der Waals surface area contributed by atoms with Crippen LogP contribution in [0.5, 0.6) is 5.75 Å². The fraction of sp³-hybridized carbons (Fsp3) is 0.414. The van der Waals surface area contributed by atoms with Crippen LogP contribution in [-0.2, 0) is 0 Å². The first kappa shape index (κ1) is 27.7. The summed E-state index contributed by atoms with van der Waals surface area (Å²) in [6.07, 6.45) is 5.45. The lowest BCUT2D eigenvalue weighted by molar-refractivity contribution is 0.0256. The number of likely N-dealkylation sites (tertiary alicyclic amines) is 2. The number of benzene rings is 1. The number of hydrogen-bond acceptors (Lipinski definition) is 6. The molecule has 1 aromatic carbocycles. The van der Waals surface area contributed by atoms with Gasteiger partial charge in [0.15, 0.2) is 17.4 Å². The number of hydrogen-bond donors (Lipinski definition) is 0. The van der Waals surface area contributed by atoms with Crippen molar-refractivity contribution in [3.05, 3.63) is 70.4 Å². The number of halogens is 3. The SMILES string of the molecule is Cc1nn(-c2cc(OC3CN(C(=O)N4N=CC[C@H]4c4cc(F)cc(F)c4)C3)c(F)cn2)c(C)c1C(=O)N1CCCCC1. The zero-order valence-corrected chi connectivity index (χ0v) is 23.3. The Morgan fingerprint density at radius 2 is 1.67 bits per heavy atom. The van der Waals surface area contributed by atoms with Gasteiger partial charge >= 0.3 is 6.03 Å². The molecule has 0 N–H and O–H groups in total. The molecule has 10 nitrogen and oxygen atoms in total. The van der Waals surface area contributed by atoms with E-state index in [0.29, 0.717) is 47.8 Å². The summed E-state index contributed by atoms with van der Waals surface area (Å²) in [4.78, 5) is 33.8. The summed E-state index contributed by atoms with van der Waals surface area (Å²) in [5, 5.41) is 9.82. The third-order valence-electron chi connectivity index (χ3n) is 7.88. The molecule has 0 unspecified atom stereocenters. The number of hydrazone groups is 1. The molecule has 220 valence electrons. The monoisotopic (exact) mass is 581 g/mol. The molecule has 0 aliphatic carbocycles. The minimum absolute atomic E-state index is 0.0548. The number of aryl methyl sites for hydroxylation is 1. The third kappa shape index (κ3) is 5.19. The van der Waals surface area contributed by atoms with Gasteiger partial charge in [-0.3, -0.25) is 4.79 Å². The van der Waals surface area contributed by atoms with Gasteiger partial charge in [0.2, 0.25) is 0 Å². The molecule has 13 heteroatoms. The number of amides is 3. The fourth-order valence-corrected chi connectivity index (χ4v) is 5.68. The number of rotatable bonds is 5. The molecule has 0 bridgehead atoms. The highest BCUT2D eigenvalue weighted by molar-refractivity contribution is 5.96. The second kappa shape index (κ2) is 11.1. The van der Waals surface area contributed by atoms with Gasteiger partial charge in [0.05, 0.1) is 42.3 Å². The number of piperidine rings is 1. The van der Waals surface area contributed by atoms with E-state index >= 15 is 0 Å². The Kier molecular flexibility index (Phi) is 7.33. The van der Waals surface area contributed by atoms with Crippen molar-refractivity contribution in [3.63, 3.8) is 0 Å². The van der Waals surface area contributed by atoms with Crippen molar-refractivity contribution in [2.24, 2.45) is 5.10 Å². The Morgan fingerprint density at radius 1 is 0.952 bits per heavy atom. The molecule has 3 amide bonds. The van der Waals surface area contributed by atoms with Crippen LogP contribution in [0.15, 0.2) is 35.6 Å². The summed E-state index contributed by atoms with van der Waals surface area (Å²) in [7, 11) is 0. The Labute approximate surface area is 240 Å². The van der Waals surface area contributed by atoms with Crippen molar-refractivity contribution in [3.8, 4) is 11.6 Å². The molecule has 0 saturated carbocycles. The quantitative estimate of drug-likeness (QED) is 0.441. The molecule has 2 fully saturated rings. The Morgan fingerprint density at radius 3 is 2.38 bits per heavy atom. The molecule has 2 saturated heterocycles. The predicted octanol–water partition coefficient (Wildman–Crippen LogP) is 4.54. The summed E-state index contributed by atoms with van der Waals surface area (Å²) >= 11 is 0. The van der Waals surface area contributed by atoms with Crippen molar-refractivity contribution in [2.75, 3.05) is 26.2 Å². The molecule has 2 aromatic heterocycles. The van der Waals surface area contributed by atoms with Gasteiger partial charge in [-0.2, -0.15) is 10.2 Å². The Balaban J connectivity index is 1.12. The summed E-state index contributed by atoms with van der Waals surface area (Å²) in [5.41, 5.74) is 1.99. The fourth-order valence-electron chi connectivity index (χ4n) is 5.68. The lowest BCUT2D eigenvalue weighted by Gasteiger charge is -2.41. The van der Waals surface area contributed by atoms with Crippen LogP contribution in [-0.4, -0.2) is 80.0 Å². The van der Waals surface area contributed by atoms with E-state index in [1.165, 1.54) is 39.0 Å². The minimum atomic E-state index is -0.731. The van der Waals surface area contributed by atoms with Crippen LogP contribution in [0.4, 0.5) is 18.0 Å². The van der Waals surface area contributed by atoms with Crippen molar-refractivity contribution in [2.45, 2.75) is 51.7 Å². The van der Waals surface area contributed by atoms with Gasteiger partial charge in [-0.25, -0.2) is 32.6 Å². The molecular weight excluding hydrogens is 551 g/mol. The first-order chi connectivity index (χ1) is 20.2. The molecule has 0 spiro atoms. The van der Waals surface area contributed by atoms with E-state index in [1.807, 2.05) is 4.90 Å². The zero-order valence-electron chi connectivity index (χ0n) is 23.3. The van der Waals surface area contributed by atoms with E-state index in [1.54, 1.807) is 13.8 Å². The van der Waals surface area contributed by atoms with Crippen LogP contribution in [0.25, 0.3) is 5.82 Å². The number of urea groups is 1. The van der Waals surface area contributed by atoms with Crippen molar-refractivity contribution in [1.82, 2.24) is 29.6 Å². The van der Waals surface area contributed by atoms with Crippen LogP contribution in [0, 0.1) is 31.3 Å². The minimum Gasteiger partial charge on any atom is -0.483 e. The van der Waals surface area contributed by atoms with Gasteiger partial charge in [-0.05, 0) is 50.8 Å². The number of carbonyl (C=O) groups excluding carboxylic acids is 2. The largest absolute Gasteiger partial charge is 0.483 e. The van der Waals surface area contributed by atoms with Crippen molar-refractivity contribution in [1.29, 1.82) is 0 Å². The van der Waals surface area contributed by atoms with Gasteiger partial charge in [0.25, 0.3) is 5.91 Å². The average molecular weight is 582 g/mol. The molecule has 5 heterocycles. The van der Waals surface area contributed by atoms with E-state index < -0.39 is 35.6 Å². The highest BCUT2D eigenvalue weighted by Crippen LogP contribution is 2.32. The predicted molar refractivity (Wildman–Crippen MR) is 146 cm³/mol. The van der Waals surface area contributed by atoms with Crippen molar-refractivity contribution < 1.29 is 27.5 Å². The maximum atomic E-state index is 14.7.